The predicted octanol–water partition coefficient (Wildman–Crippen LogP) is 3.00. The number of nitrogens with zero attached hydrogens (tertiary/aromatic N) is 3. The van der Waals surface area contributed by atoms with E-state index in [0.29, 0.717) is 37.3 Å². The molecule has 0 bridgehead atoms. The number of hydrogen-bond acceptors (Lipinski definition) is 5. The second-order valence-electron chi connectivity index (χ2n) is 7.15. The molecule has 3 heterocycles. The van der Waals surface area contributed by atoms with Crippen LogP contribution in [0.2, 0.25) is 0 Å². The molecule has 9 heteroatoms. The number of nitrogens with one attached hydrogen (secondary N) is 2. The smallest absolute Gasteiger partial charge is 0.321 e. The minimum absolute atomic E-state index is 0.287. The van der Waals surface area contributed by atoms with Gasteiger partial charge in [-0.05, 0) is 49.2 Å². The van der Waals surface area contributed by atoms with E-state index in [9.17, 15) is 14.0 Å². The first-order valence-electron chi connectivity index (χ1n) is 9.31. The number of benzene rings is 1. The predicted molar refractivity (Wildman–Crippen MR) is 105 cm³/mol. The number of anilines is 2. The summed E-state index contributed by atoms with van der Waals surface area (Å²) in [5.41, 5.74) is 0.663. The zero-order valence-electron chi connectivity index (χ0n) is 15.6. The van der Waals surface area contributed by atoms with Crippen molar-refractivity contribution in [3.05, 3.63) is 54.6 Å². The molecular weight excluding hydrogens is 377 g/mol. The van der Waals surface area contributed by atoms with Crippen molar-refractivity contribution in [1.29, 1.82) is 0 Å². The topological polar surface area (TPSA) is 95.9 Å². The molecule has 1 atom stereocenters. The second kappa shape index (κ2) is 7.86. The summed E-state index contributed by atoms with van der Waals surface area (Å²) in [6.07, 6.45) is 4.91. The van der Waals surface area contributed by atoms with Gasteiger partial charge >= 0.3 is 6.03 Å². The Bertz CT molecular complexity index is 935. The SMILES string of the molecule is O=C(Nc1cccnc1)C1=NO[C@]2(CCCN(C(=O)Nc3ccc(F)cc3)C2)C1. The fourth-order valence-corrected chi connectivity index (χ4v) is 3.51. The highest BCUT2D eigenvalue weighted by Gasteiger charge is 2.45. The number of likely N-dealkylation sites (tertiary alicyclic amines) is 1. The molecule has 1 aromatic carbocycles. The van der Waals surface area contributed by atoms with Crippen molar-refractivity contribution < 1.29 is 18.8 Å². The Labute approximate surface area is 166 Å². The fraction of sp³-hybridized carbons (Fsp3) is 0.300. The lowest BCUT2D eigenvalue weighted by atomic mass is 9.88. The molecule has 29 heavy (non-hydrogen) atoms. The summed E-state index contributed by atoms with van der Waals surface area (Å²) in [4.78, 5) is 36.3. The van der Waals surface area contributed by atoms with E-state index in [1.807, 2.05) is 0 Å². The van der Waals surface area contributed by atoms with E-state index in [1.54, 1.807) is 29.4 Å². The molecule has 2 N–H and O–H groups in total. The molecule has 1 fully saturated rings. The normalized spacial score (nSPS) is 20.7. The van der Waals surface area contributed by atoms with E-state index in [-0.39, 0.29) is 23.5 Å². The van der Waals surface area contributed by atoms with Crippen LogP contribution in [-0.2, 0) is 9.63 Å². The zero-order chi connectivity index (χ0) is 20.3. The Morgan fingerprint density at radius 2 is 1.97 bits per heavy atom. The summed E-state index contributed by atoms with van der Waals surface area (Å²) in [6.45, 7) is 0.878. The molecule has 4 rings (SSSR count). The molecular formula is C20H20FN5O3. The molecule has 3 amide bonds. The van der Waals surface area contributed by atoms with Gasteiger partial charge in [-0.2, -0.15) is 0 Å². The number of amides is 3. The molecule has 0 saturated carbocycles. The first-order chi connectivity index (χ1) is 14.0. The third kappa shape index (κ3) is 4.34. The van der Waals surface area contributed by atoms with Crippen LogP contribution in [0.25, 0.3) is 0 Å². The molecule has 0 radical (unpaired) electrons. The van der Waals surface area contributed by atoms with Crippen LogP contribution >= 0.6 is 0 Å². The Kier molecular flexibility index (Phi) is 5.11. The first kappa shape index (κ1) is 18.9. The second-order valence-corrected chi connectivity index (χ2v) is 7.15. The Balaban J connectivity index is 1.36. The van der Waals surface area contributed by atoms with Gasteiger partial charge in [-0.1, -0.05) is 5.16 Å². The number of halogens is 1. The van der Waals surface area contributed by atoms with Crippen molar-refractivity contribution in [2.24, 2.45) is 5.16 Å². The summed E-state index contributed by atoms with van der Waals surface area (Å²) in [5.74, 6) is -0.712. The third-order valence-electron chi connectivity index (χ3n) is 4.94. The van der Waals surface area contributed by atoms with Crippen LogP contribution in [0.15, 0.2) is 53.9 Å². The molecule has 2 aromatic rings. The van der Waals surface area contributed by atoms with E-state index < -0.39 is 5.60 Å². The van der Waals surface area contributed by atoms with E-state index in [4.69, 9.17) is 4.84 Å². The highest BCUT2D eigenvalue weighted by molar-refractivity contribution is 6.43. The van der Waals surface area contributed by atoms with Crippen LogP contribution in [0.1, 0.15) is 19.3 Å². The maximum absolute atomic E-state index is 13.0. The highest BCUT2D eigenvalue weighted by Crippen LogP contribution is 2.34. The number of aromatic nitrogens is 1. The summed E-state index contributed by atoms with van der Waals surface area (Å²) in [7, 11) is 0. The van der Waals surface area contributed by atoms with Gasteiger partial charge in [-0.3, -0.25) is 9.78 Å². The van der Waals surface area contributed by atoms with E-state index in [1.165, 1.54) is 24.3 Å². The summed E-state index contributed by atoms with van der Waals surface area (Å²) >= 11 is 0. The number of piperidine rings is 1. The van der Waals surface area contributed by atoms with Crippen LogP contribution in [0, 0.1) is 5.82 Å². The average molecular weight is 397 g/mol. The lowest BCUT2D eigenvalue weighted by Gasteiger charge is -2.38. The lowest BCUT2D eigenvalue weighted by molar-refractivity contribution is -0.110. The minimum atomic E-state index is -0.708. The summed E-state index contributed by atoms with van der Waals surface area (Å²) in [5, 5.41) is 9.47. The monoisotopic (exact) mass is 397 g/mol. The molecule has 150 valence electrons. The lowest BCUT2D eigenvalue weighted by Crippen LogP contribution is -2.52. The van der Waals surface area contributed by atoms with Crippen LogP contribution < -0.4 is 10.6 Å². The molecule has 1 spiro atoms. The van der Waals surface area contributed by atoms with Gasteiger partial charge in [0.05, 0.1) is 18.4 Å². The molecule has 0 unspecified atom stereocenters. The average Bonchev–Trinajstić information content (AvgIpc) is 3.14. The maximum atomic E-state index is 13.0. The number of oxime groups is 1. The van der Waals surface area contributed by atoms with Gasteiger partial charge in [0, 0.05) is 24.8 Å². The number of urea groups is 1. The van der Waals surface area contributed by atoms with Gasteiger partial charge in [-0.25, -0.2) is 9.18 Å². The fourth-order valence-electron chi connectivity index (χ4n) is 3.51. The van der Waals surface area contributed by atoms with Crippen LogP contribution in [0.5, 0.6) is 0 Å². The minimum Gasteiger partial charge on any atom is -0.386 e. The van der Waals surface area contributed by atoms with Gasteiger partial charge < -0.3 is 20.4 Å². The van der Waals surface area contributed by atoms with Gasteiger partial charge in [0.1, 0.15) is 11.5 Å². The summed E-state index contributed by atoms with van der Waals surface area (Å²) < 4.78 is 13.0. The number of hydrogen-bond donors (Lipinski definition) is 2. The van der Waals surface area contributed by atoms with Gasteiger partial charge in [0.25, 0.3) is 5.91 Å². The van der Waals surface area contributed by atoms with Crippen molar-refractivity contribution >= 4 is 29.0 Å². The molecule has 8 nitrogen and oxygen atoms in total. The van der Waals surface area contributed by atoms with Crippen LogP contribution in [0.3, 0.4) is 0 Å². The maximum Gasteiger partial charge on any atom is 0.321 e. The zero-order valence-corrected chi connectivity index (χ0v) is 15.6. The van der Waals surface area contributed by atoms with Gasteiger partial charge in [0.2, 0.25) is 0 Å². The standard InChI is InChI=1S/C20H20FN5O3/c21-14-4-6-15(7-5-14)24-19(28)26-10-2-8-20(13-26)11-17(25-29-20)18(27)23-16-3-1-9-22-12-16/h1,3-7,9,12H,2,8,10-11,13H2,(H,23,27)(H,24,28)/t20-/m1/s1. The van der Waals surface area contributed by atoms with Gasteiger partial charge in [0.15, 0.2) is 5.60 Å². The van der Waals surface area contributed by atoms with E-state index in [2.05, 4.69) is 20.8 Å². The summed E-state index contributed by atoms with van der Waals surface area (Å²) in [6, 6.07) is 8.74. The third-order valence-corrected chi connectivity index (χ3v) is 4.94. The Morgan fingerprint density at radius 3 is 2.72 bits per heavy atom. The first-order valence-corrected chi connectivity index (χ1v) is 9.31. The molecule has 1 saturated heterocycles. The van der Waals surface area contributed by atoms with Crippen LogP contribution in [-0.4, -0.2) is 46.2 Å². The quantitative estimate of drug-likeness (QED) is 0.832. The number of carbonyl (C=O) groups excluding carboxylic acids is 2. The molecule has 0 aliphatic carbocycles. The number of pyridine rings is 1. The van der Waals surface area contributed by atoms with Crippen molar-refractivity contribution in [2.45, 2.75) is 24.9 Å². The Hall–Kier alpha value is -3.49. The van der Waals surface area contributed by atoms with Crippen LogP contribution in [0.4, 0.5) is 20.6 Å². The molecule has 2 aliphatic rings. The molecule has 1 aromatic heterocycles. The number of rotatable bonds is 3. The number of carbonyl (C=O) groups is 2. The van der Waals surface area contributed by atoms with E-state index in [0.717, 1.165) is 6.42 Å². The molecule has 2 aliphatic heterocycles. The van der Waals surface area contributed by atoms with Crippen molar-refractivity contribution in [3.8, 4) is 0 Å². The van der Waals surface area contributed by atoms with E-state index >= 15 is 0 Å². The van der Waals surface area contributed by atoms with Gasteiger partial charge in [-0.15, -0.1) is 0 Å². The highest BCUT2D eigenvalue weighted by atomic mass is 19.1. The Morgan fingerprint density at radius 1 is 1.14 bits per heavy atom. The van der Waals surface area contributed by atoms with Crippen molar-refractivity contribution in [3.63, 3.8) is 0 Å². The van der Waals surface area contributed by atoms with Crippen molar-refractivity contribution in [2.75, 3.05) is 23.7 Å². The van der Waals surface area contributed by atoms with Crippen molar-refractivity contribution in [1.82, 2.24) is 9.88 Å². The largest absolute Gasteiger partial charge is 0.386 e.